The molecule has 0 aromatic heterocycles. The lowest BCUT2D eigenvalue weighted by molar-refractivity contribution is 0.494. The molecule has 0 bridgehead atoms. The molecule has 1 N–H and O–H groups in total. The second-order valence-electron chi connectivity index (χ2n) is 4.79. The Morgan fingerprint density at radius 3 is 2.44 bits per heavy atom. The predicted octanol–water partition coefficient (Wildman–Crippen LogP) is 4.77. The van der Waals surface area contributed by atoms with Gasteiger partial charge in [-0.25, -0.2) is 0 Å². The summed E-state index contributed by atoms with van der Waals surface area (Å²) in [5.74, 6) is 0. The van der Waals surface area contributed by atoms with E-state index < -0.39 is 0 Å². The van der Waals surface area contributed by atoms with E-state index in [0.29, 0.717) is 4.75 Å². The number of thioether (sulfide) groups is 1. The third-order valence-corrected chi connectivity index (χ3v) is 6.02. The van der Waals surface area contributed by atoms with Crippen molar-refractivity contribution in [2.45, 2.75) is 44.9 Å². The van der Waals surface area contributed by atoms with Gasteiger partial charge in [0.05, 0.1) is 0 Å². The summed E-state index contributed by atoms with van der Waals surface area (Å²) in [6, 6.07) is 6.55. The van der Waals surface area contributed by atoms with Crippen LogP contribution in [0.15, 0.2) is 22.7 Å². The van der Waals surface area contributed by atoms with E-state index in [9.17, 15) is 0 Å². The molecule has 18 heavy (non-hydrogen) atoms. The maximum absolute atomic E-state index is 3.63. The number of nitrogens with one attached hydrogen (secondary N) is 1. The number of rotatable bonds is 7. The van der Waals surface area contributed by atoms with Crippen LogP contribution >= 0.6 is 27.7 Å². The van der Waals surface area contributed by atoms with Crippen molar-refractivity contribution >= 4 is 27.7 Å². The molecule has 1 aromatic carbocycles. The summed E-state index contributed by atoms with van der Waals surface area (Å²) >= 11 is 5.62. The van der Waals surface area contributed by atoms with Gasteiger partial charge in [-0.3, -0.25) is 0 Å². The first-order valence-electron chi connectivity index (χ1n) is 6.57. The number of aryl methyl sites for hydroxylation is 1. The van der Waals surface area contributed by atoms with Crippen LogP contribution in [-0.2, 0) is 6.54 Å². The highest BCUT2D eigenvalue weighted by Gasteiger charge is 2.23. The van der Waals surface area contributed by atoms with Crippen molar-refractivity contribution in [2.75, 3.05) is 12.8 Å². The summed E-state index contributed by atoms with van der Waals surface area (Å²) in [5, 5.41) is 3.60. The molecule has 1 rings (SSSR count). The first kappa shape index (κ1) is 16.1. The van der Waals surface area contributed by atoms with Crippen molar-refractivity contribution in [1.82, 2.24) is 5.32 Å². The van der Waals surface area contributed by atoms with Gasteiger partial charge in [-0.1, -0.05) is 41.9 Å². The molecule has 3 heteroatoms. The molecule has 0 spiro atoms. The third kappa shape index (κ3) is 4.29. The van der Waals surface area contributed by atoms with Gasteiger partial charge >= 0.3 is 0 Å². The van der Waals surface area contributed by atoms with Crippen molar-refractivity contribution in [3.05, 3.63) is 33.8 Å². The van der Waals surface area contributed by atoms with Gasteiger partial charge in [0.25, 0.3) is 0 Å². The van der Waals surface area contributed by atoms with Crippen LogP contribution in [0.25, 0.3) is 0 Å². The number of hydrogen-bond donors (Lipinski definition) is 1. The van der Waals surface area contributed by atoms with Crippen molar-refractivity contribution in [3.63, 3.8) is 0 Å². The smallest absolute Gasteiger partial charge is 0.0276 e. The van der Waals surface area contributed by atoms with Crippen molar-refractivity contribution in [1.29, 1.82) is 0 Å². The highest BCUT2D eigenvalue weighted by Crippen LogP contribution is 2.29. The van der Waals surface area contributed by atoms with Crippen LogP contribution in [0.3, 0.4) is 0 Å². The quantitative estimate of drug-likeness (QED) is 0.773. The molecular weight excluding hydrogens is 306 g/mol. The molecule has 0 fully saturated rings. The van der Waals surface area contributed by atoms with Crippen LogP contribution in [0.5, 0.6) is 0 Å². The van der Waals surface area contributed by atoms with Gasteiger partial charge in [0.2, 0.25) is 0 Å². The van der Waals surface area contributed by atoms with E-state index in [2.05, 4.69) is 66.5 Å². The molecule has 0 aliphatic heterocycles. The van der Waals surface area contributed by atoms with E-state index in [1.807, 2.05) is 11.8 Å². The molecule has 1 nitrogen and oxygen atoms in total. The number of benzene rings is 1. The minimum absolute atomic E-state index is 0.386. The van der Waals surface area contributed by atoms with Gasteiger partial charge in [-0.15, -0.1) is 0 Å². The maximum Gasteiger partial charge on any atom is 0.0276 e. The second-order valence-corrected chi connectivity index (χ2v) is 6.92. The van der Waals surface area contributed by atoms with Crippen molar-refractivity contribution in [2.24, 2.45) is 0 Å². The summed E-state index contributed by atoms with van der Waals surface area (Å²) in [6.07, 6.45) is 4.65. The van der Waals surface area contributed by atoms with Gasteiger partial charge in [0, 0.05) is 22.3 Å². The van der Waals surface area contributed by atoms with E-state index in [-0.39, 0.29) is 0 Å². The highest BCUT2D eigenvalue weighted by atomic mass is 79.9. The minimum Gasteiger partial charge on any atom is -0.311 e. The van der Waals surface area contributed by atoms with Gasteiger partial charge in [-0.05, 0) is 43.2 Å². The third-order valence-electron chi connectivity index (χ3n) is 3.69. The number of halogens is 1. The van der Waals surface area contributed by atoms with Gasteiger partial charge in [-0.2, -0.15) is 11.8 Å². The van der Waals surface area contributed by atoms with Crippen LogP contribution in [0.2, 0.25) is 0 Å². The Balaban J connectivity index is 2.55. The zero-order chi connectivity index (χ0) is 13.6. The molecule has 0 aliphatic carbocycles. The molecule has 0 radical (unpaired) electrons. The van der Waals surface area contributed by atoms with Crippen LogP contribution in [0.4, 0.5) is 0 Å². The molecular formula is C15H24BrNS. The largest absolute Gasteiger partial charge is 0.311 e. The molecule has 0 heterocycles. The van der Waals surface area contributed by atoms with Crippen LogP contribution < -0.4 is 5.32 Å². The van der Waals surface area contributed by atoms with Gasteiger partial charge in [0.15, 0.2) is 0 Å². The Bertz CT molecular complexity index is 366. The lowest BCUT2D eigenvalue weighted by Gasteiger charge is -2.30. The maximum atomic E-state index is 3.63. The number of hydrogen-bond acceptors (Lipinski definition) is 2. The lowest BCUT2D eigenvalue weighted by Crippen LogP contribution is -2.36. The van der Waals surface area contributed by atoms with Crippen molar-refractivity contribution in [3.8, 4) is 0 Å². The van der Waals surface area contributed by atoms with Gasteiger partial charge in [0.1, 0.15) is 0 Å². The average Bonchev–Trinajstić information content (AvgIpc) is 2.38. The predicted molar refractivity (Wildman–Crippen MR) is 87.4 cm³/mol. The molecule has 0 unspecified atom stereocenters. The summed E-state index contributed by atoms with van der Waals surface area (Å²) in [6.45, 7) is 8.69. The topological polar surface area (TPSA) is 12.0 Å². The molecule has 0 atom stereocenters. The second kappa shape index (κ2) is 7.56. The minimum atomic E-state index is 0.386. The van der Waals surface area contributed by atoms with E-state index in [0.717, 1.165) is 13.1 Å². The van der Waals surface area contributed by atoms with E-state index in [4.69, 9.17) is 0 Å². The van der Waals surface area contributed by atoms with E-state index >= 15 is 0 Å². The molecule has 0 saturated carbocycles. The highest BCUT2D eigenvalue weighted by molar-refractivity contribution is 9.10. The Hall–Kier alpha value is 0.01000. The van der Waals surface area contributed by atoms with Crippen LogP contribution in [-0.4, -0.2) is 17.5 Å². The van der Waals surface area contributed by atoms with Crippen LogP contribution in [0.1, 0.15) is 37.8 Å². The Kier molecular flexibility index (Phi) is 6.75. The molecule has 0 saturated heterocycles. The first-order chi connectivity index (χ1) is 8.56. The summed E-state index contributed by atoms with van der Waals surface area (Å²) in [4.78, 5) is 0. The Morgan fingerprint density at radius 1 is 1.28 bits per heavy atom. The van der Waals surface area contributed by atoms with Gasteiger partial charge < -0.3 is 5.32 Å². The fourth-order valence-corrected chi connectivity index (χ4v) is 3.54. The van der Waals surface area contributed by atoms with E-state index in [1.54, 1.807) is 0 Å². The fraction of sp³-hybridized carbons (Fsp3) is 0.600. The first-order valence-corrected chi connectivity index (χ1v) is 8.59. The molecule has 0 amide bonds. The Morgan fingerprint density at radius 2 is 1.94 bits per heavy atom. The Labute approximate surface area is 124 Å². The monoisotopic (exact) mass is 329 g/mol. The van der Waals surface area contributed by atoms with Crippen LogP contribution in [0, 0.1) is 6.92 Å². The fourth-order valence-electron chi connectivity index (χ4n) is 2.08. The summed E-state index contributed by atoms with van der Waals surface area (Å²) < 4.78 is 1.59. The van der Waals surface area contributed by atoms with Crippen molar-refractivity contribution < 1.29 is 0 Å². The zero-order valence-corrected chi connectivity index (χ0v) is 14.2. The summed E-state index contributed by atoms with van der Waals surface area (Å²) in [5.41, 5.74) is 2.63. The summed E-state index contributed by atoms with van der Waals surface area (Å²) in [7, 11) is 0. The molecule has 1 aromatic rings. The SMILES string of the molecule is CCC(CC)(CNCc1ccc(C)cc1Br)SC. The van der Waals surface area contributed by atoms with E-state index in [1.165, 1.54) is 28.4 Å². The lowest BCUT2D eigenvalue weighted by atomic mass is 10.0. The standard InChI is InChI=1S/C15H24BrNS/c1-5-15(6-2,18-4)11-17-10-13-8-7-12(3)9-14(13)16/h7-9,17H,5-6,10-11H2,1-4H3. The zero-order valence-electron chi connectivity index (χ0n) is 11.8. The average molecular weight is 330 g/mol. The molecule has 102 valence electrons. The normalized spacial score (nSPS) is 11.8. The molecule has 0 aliphatic rings.